The second-order valence-corrected chi connectivity index (χ2v) is 5.28. The van der Waals surface area contributed by atoms with Gasteiger partial charge < -0.3 is 10.4 Å². The second-order valence-electron chi connectivity index (χ2n) is 4.50. The third-order valence-corrected chi connectivity index (χ3v) is 4.11. The lowest BCUT2D eigenvalue weighted by Gasteiger charge is -2.23. The number of aliphatic hydroxyl groups is 1. The van der Waals surface area contributed by atoms with Crippen molar-refractivity contribution < 1.29 is 5.11 Å². The Labute approximate surface area is 112 Å². The van der Waals surface area contributed by atoms with E-state index < -0.39 is 6.10 Å². The quantitative estimate of drug-likeness (QED) is 0.864. The Morgan fingerprint density at radius 2 is 2.06 bits per heavy atom. The number of hydrogen-bond donors (Lipinski definition) is 2. The normalized spacial score (nSPS) is 23.1. The molecule has 17 heavy (non-hydrogen) atoms. The molecule has 0 aliphatic carbocycles. The van der Waals surface area contributed by atoms with Crippen LogP contribution in [-0.4, -0.2) is 17.7 Å². The molecule has 1 aliphatic heterocycles. The molecule has 2 nitrogen and oxygen atoms in total. The molecular formula is C13H17Cl2NO. The van der Waals surface area contributed by atoms with Crippen LogP contribution in [0.5, 0.6) is 0 Å². The Morgan fingerprint density at radius 3 is 2.88 bits per heavy atom. The minimum atomic E-state index is -0.584. The molecule has 2 N–H and O–H groups in total. The van der Waals surface area contributed by atoms with E-state index in [-0.39, 0.29) is 6.04 Å². The molecule has 94 valence electrons. The number of hydrogen-bond acceptors (Lipinski definition) is 2. The molecule has 1 saturated heterocycles. The summed E-state index contributed by atoms with van der Waals surface area (Å²) in [5.41, 5.74) is 0.721. The number of aliphatic hydroxyl groups excluding tert-OH is 1. The molecule has 4 heteroatoms. The van der Waals surface area contributed by atoms with Crippen LogP contribution < -0.4 is 5.32 Å². The fraction of sp³-hybridized carbons (Fsp3) is 0.538. The van der Waals surface area contributed by atoms with Gasteiger partial charge in [0, 0.05) is 11.6 Å². The van der Waals surface area contributed by atoms with Gasteiger partial charge in [0.1, 0.15) is 0 Å². The lowest BCUT2D eigenvalue weighted by molar-refractivity contribution is 0.126. The van der Waals surface area contributed by atoms with E-state index in [0.717, 1.165) is 24.9 Å². The van der Waals surface area contributed by atoms with Crippen LogP contribution in [0.3, 0.4) is 0 Å². The zero-order chi connectivity index (χ0) is 12.3. The summed E-state index contributed by atoms with van der Waals surface area (Å²) in [6.07, 6.45) is 3.93. The Hall–Kier alpha value is -0.280. The Bertz CT molecular complexity index is 376. The van der Waals surface area contributed by atoms with Crippen LogP contribution in [-0.2, 0) is 0 Å². The lowest BCUT2D eigenvalue weighted by Crippen LogP contribution is -2.34. The predicted molar refractivity (Wildman–Crippen MR) is 71.7 cm³/mol. The molecule has 2 unspecified atom stereocenters. The molecule has 0 aromatic heterocycles. The average molecular weight is 274 g/mol. The topological polar surface area (TPSA) is 32.3 Å². The van der Waals surface area contributed by atoms with E-state index in [4.69, 9.17) is 23.2 Å². The smallest absolute Gasteiger partial charge is 0.0957 e. The van der Waals surface area contributed by atoms with Crippen LogP contribution in [0.4, 0.5) is 0 Å². The van der Waals surface area contributed by atoms with Gasteiger partial charge in [-0.15, -0.1) is 0 Å². The molecular weight excluding hydrogens is 257 g/mol. The molecule has 0 saturated carbocycles. The summed E-state index contributed by atoms with van der Waals surface area (Å²) in [5.74, 6) is 0. The van der Waals surface area contributed by atoms with Crippen molar-refractivity contribution in [1.29, 1.82) is 0 Å². The van der Waals surface area contributed by atoms with Crippen LogP contribution in [0.25, 0.3) is 0 Å². The van der Waals surface area contributed by atoms with Crippen LogP contribution in [0, 0.1) is 0 Å². The molecule has 1 aromatic carbocycles. The summed E-state index contributed by atoms with van der Waals surface area (Å²) in [4.78, 5) is 0. The molecule has 0 spiro atoms. The monoisotopic (exact) mass is 273 g/mol. The molecule has 0 amide bonds. The average Bonchev–Trinajstić information content (AvgIpc) is 2.60. The lowest BCUT2D eigenvalue weighted by atomic mass is 9.98. The fourth-order valence-corrected chi connectivity index (χ4v) is 2.71. The predicted octanol–water partition coefficient (Wildman–Crippen LogP) is 3.56. The minimum absolute atomic E-state index is 0.0773. The van der Waals surface area contributed by atoms with Gasteiger partial charge in [-0.05, 0) is 25.5 Å². The summed E-state index contributed by atoms with van der Waals surface area (Å²) in [7, 11) is 0. The van der Waals surface area contributed by atoms with Crippen molar-refractivity contribution >= 4 is 23.2 Å². The first-order valence-corrected chi connectivity index (χ1v) is 6.81. The number of halogens is 2. The van der Waals surface area contributed by atoms with Gasteiger partial charge in [-0.2, -0.15) is 0 Å². The van der Waals surface area contributed by atoms with Crippen molar-refractivity contribution in [2.45, 2.75) is 37.8 Å². The summed E-state index contributed by atoms with van der Waals surface area (Å²) in [5, 5.41) is 14.7. The highest BCUT2D eigenvalue weighted by atomic mass is 35.5. The molecule has 1 aliphatic rings. The zero-order valence-electron chi connectivity index (χ0n) is 9.63. The van der Waals surface area contributed by atoms with E-state index in [2.05, 4.69) is 5.32 Å². The molecule has 1 heterocycles. The third kappa shape index (κ3) is 3.14. The minimum Gasteiger partial charge on any atom is -0.387 e. The highest BCUT2D eigenvalue weighted by molar-refractivity contribution is 6.42. The molecule has 2 rings (SSSR count). The first kappa shape index (κ1) is 13.2. The van der Waals surface area contributed by atoms with E-state index in [1.54, 1.807) is 6.07 Å². The fourth-order valence-electron chi connectivity index (χ4n) is 2.29. The highest BCUT2D eigenvalue weighted by Crippen LogP contribution is 2.32. The number of rotatable bonds is 2. The van der Waals surface area contributed by atoms with Crippen molar-refractivity contribution in [3.8, 4) is 0 Å². The van der Waals surface area contributed by atoms with Crippen molar-refractivity contribution in [2.24, 2.45) is 0 Å². The summed E-state index contributed by atoms with van der Waals surface area (Å²) < 4.78 is 0. The molecule has 1 aromatic rings. The summed E-state index contributed by atoms with van der Waals surface area (Å²) in [6.45, 7) is 0.958. The van der Waals surface area contributed by atoms with Crippen molar-refractivity contribution in [2.75, 3.05) is 6.54 Å². The summed E-state index contributed by atoms with van der Waals surface area (Å²) >= 11 is 12.1. The first-order valence-electron chi connectivity index (χ1n) is 6.05. The Kier molecular flexibility index (Phi) is 4.69. The van der Waals surface area contributed by atoms with Crippen LogP contribution in [0.2, 0.25) is 10.0 Å². The van der Waals surface area contributed by atoms with Gasteiger partial charge in [0.05, 0.1) is 16.1 Å². The van der Waals surface area contributed by atoms with E-state index in [0.29, 0.717) is 10.0 Å². The molecule has 0 bridgehead atoms. The van der Waals surface area contributed by atoms with E-state index in [9.17, 15) is 5.11 Å². The van der Waals surface area contributed by atoms with E-state index in [1.807, 2.05) is 12.1 Å². The SMILES string of the molecule is OC(c1cccc(Cl)c1Cl)C1CCCCCN1. The van der Waals surface area contributed by atoms with E-state index in [1.165, 1.54) is 12.8 Å². The van der Waals surface area contributed by atoms with Crippen molar-refractivity contribution in [1.82, 2.24) is 5.32 Å². The highest BCUT2D eigenvalue weighted by Gasteiger charge is 2.24. The van der Waals surface area contributed by atoms with Gasteiger partial charge in [0.15, 0.2) is 0 Å². The standard InChI is InChI=1S/C13H17Cl2NO/c14-10-6-4-5-9(12(10)15)13(17)11-7-2-1-3-8-16-11/h4-6,11,13,16-17H,1-3,7-8H2. The maximum atomic E-state index is 10.4. The van der Waals surface area contributed by atoms with Gasteiger partial charge in [-0.3, -0.25) is 0 Å². The maximum absolute atomic E-state index is 10.4. The van der Waals surface area contributed by atoms with Crippen molar-refractivity contribution in [3.63, 3.8) is 0 Å². The second kappa shape index (κ2) is 6.05. The first-order chi connectivity index (χ1) is 8.20. The van der Waals surface area contributed by atoms with E-state index >= 15 is 0 Å². The van der Waals surface area contributed by atoms with Crippen LogP contribution in [0.1, 0.15) is 37.4 Å². The maximum Gasteiger partial charge on any atom is 0.0957 e. The van der Waals surface area contributed by atoms with Crippen molar-refractivity contribution in [3.05, 3.63) is 33.8 Å². The molecule has 1 fully saturated rings. The van der Waals surface area contributed by atoms with Gasteiger partial charge >= 0.3 is 0 Å². The van der Waals surface area contributed by atoms with Gasteiger partial charge in [0.2, 0.25) is 0 Å². The third-order valence-electron chi connectivity index (χ3n) is 3.28. The van der Waals surface area contributed by atoms with Gasteiger partial charge in [0.25, 0.3) is 0 Å². The molecule has 2 atom stereocenters. The molecule has 0 radical (unpaired) electrons. The largest absolute Gasteiger partial charge is 0.387 e. The van der Waals surface area contributed by atoms with Crippen LogP contribution in [0.15, 0.2) is 18.2 Å². The Morgan fingerprint density at radius 1 is 1.24 bits per heavy atom. The zero-order valence-corrected chi connectivity index (χ0v) is 11.1. The Balaban J connectivity index is 2.17. The van der Waals surface area contributed by atoms with Crippen LogP contribution >= 0.6 is 23.2 Å². The van der Waals surface area contributed by atoms with Gasteiger partial charge in [-0.1, -0.05) is 48.2 Å². The van der Waals surface area contributed by atoms with Gasteiger partial charge in [-0.25, -0.2) is 0 Å². The summed E-state index contributed by atoms with van der Waals surface area (Å²) in [6, 6.07) is 5.48. The number of nitrogens with one attached hydrogen (secondary N) is 1. The number of benzene rings is 1.